The van der Waals surface area contributed by atoms with Gasteiger partial charge in [0.15, 0.2) is 11.5 Å². The van der Waals surface area contributed by atoms with Crippen molar-refractivity contribution in [2.45, 2.75) is 6.18 Å². The third-order valence-corrected chi connectivity index (χ3v) is 5.39. The van der Waals surface area contributed by atoms with E-state index < -0.39 is 11.7 Å². The van der Waals surface area contributed by atoms with Gasteiger partial charge in [-0.25, -0.2) is 4.98 Å². The molecule has 5 rings (SSSR count). The monoisotopic (exact) mass is 466 g/mol. The molecule has 9 heteroatoms. The molecular formula is C26H13F3N6. The molecule has 0 amide bonds. The summed E-state index contributed by atoms with van der Waals surface area (Å²) in [4.78, 5) is 4.61. The number of fused-ring (bicyclic) bond motifs is 1. The van der Waals surface area contributed by atoms with Crippen molar-refractivity contribution in [3.63, 3.8) is 0 Å². The van der Waals surface area contributed by atoms with Crippen molar-refractivity contribution in [2.24, 2.45) is 0 Å². The quantitative estimate of drug-likeness (QED) is 0.382. The highest BCUT2D eigenvalue weighted by Gasteiger charge is 2.29. The van der Waals surface area contributed by atoms with Gasteiger partial charge >= 0.3 is 6.18 Å². The Bertz CT molecular complexity index is 1670. The van der Waals surface area contributed by atoms with Crippen LogP contribution in [0.4, 0.5) is 13.2 Å². The van der Waals surface area contributed by atoms with Crippen molar-refractivity contribution in [3.05, 3.63) is 100 Å². The zero-order chi connectivity index (χ0) is 24.6. The van der Waals surface area contributed by atoms with E-state index in [4.69, 9.17) is 10.5 Å². The van der Waals surface area contributed by atoms with Crippen molar-refractivity contribution in [1.29, 1.82) is 10.5 Å². The minimum atomic E-state index is -4.43. The zero-order valence-electron chi connectivity index (χ0n) is 17.8. The molecular weight excluding hydrogens is 453 g/mol. The first-order valence-electron chi connectivity index (χ1n) is 10.3. The summed E-state index contributed by atoms with van der Waals surface area (Å²) in [6, 6.07) is 22.5. The van der Waals surface area contributed by atoms with E-state index in [0.717, 1.165) is 12.1 Å². The molecule has 0 aliphatic rings. The number of nitrogens with zero attached hydrogens (tertiary/aromatic N) is 6. The Hall–Kier alpha value is -5.02. The van der Waals surface area contributed by atoms with Crippen LogP contribution in [0.25, 0.3) is 34.4 Å². The average molecular weight is 466 g/mol. The maximum absolute atomic E-state index is 13.0. The fourth-order valence-corrected chi connectivity index (χ4v) is 3.60. The third kappa shape index (κ3) is 4.19. The van der Waals surface area contributed by atoms with Gasteiger partial charge in [0.2, 0.25) is 0 Å². The fourth-order valence-electron chi connectivity index (χ4n) is 3.60. The zero-order valence-corrected chi connectivity index (χ0v) is 17.8. The molecule has 5 aromatic rings. The molecule has 0 radical (unpaired) electrons. The van der Waals surface area contributed by atoms with Gasteiger partial charge in [0, 0.05) is 16.3 Å². The highest BCUT2D eigenvalue weighted by molar-refractivity contribution is 5.72. The Morgan fingerprint density at radius 1 is 0.743 bits per heavy atom. The fraction of sp³-hybridized carbons (Fsp3) is 0.0385. The van der Waals surface area contributed by atoms with E-state index >= 15 is 0 Å². The molecule has 2 heterocycles. The lowest BCUT2D eigenvalue weighted by molar-refractivity contribution is -0.137. The lowest BCUT2D eigenvalue weighted by atomic mass is 10.1. The van der Waals surface area contributed by atoms with E-state index in [1.54, 1.807) is 54.6 Å². The van der Waals surface area contributed by atoms with Gasteiger partial charge in [-0.2, -0.15) is 23.7 Å². The first kappa shape index (κ1) is 21.8. The second-order valence-electron chi connectivity index (χ2n) is 7.65. The van der Waals surface area contributed by atoms with Crippen molar-refractivity contribution >= 4 is 11.7 Å². The molecule has 0 saturated heterocycles. The van der Waals surface area contributed by atoms with Crippen molar-refractivity contribution < 1.29 is 13.2 Å². The molecule has 168 valence electrons. The summed E-state index contributed by atoms with van der Waals surface area (Å²) in [5.41, 5.74) is 3.12. The second-order valence-corrected chi connectivity index (χ2v) is 7.65. The number of halogens is 3. The number of alkyl halides is 3. The number of hydrogen-bond acceptors (Lipinski definition) is 5. The van der Waals surface area contributed by atoms with Crippen LogP contribution in [-0.4, -0.2) is 19.8 Å². The van der Waals surface area contributed by atoms with Crippen LogP contribution in [0.15, 0.2) is 72.8 Å². The van der Waals surface area contributed by atoms with Gasteiger partial charge in [0.25, 0.3) is 0 Å². The number of hydrogen-bond donors (Lipinski definition) is 0. The first-order chi connectivity index (χ1) is 16.9. The summed E-state index contributed by atoms with van der Waals surface area (Å²) in [6.45, 7) is 0. The number of rotatable bonds is 3. The normalized spacial score (nSPS) is 12.0. The van der Waals surface area contributed by atoms with Crippen LogP contribution in [0.1, 0.15) is 22.3 Å². The Morgan fingerprint density at radius 3 is 1.86 bits per heavy atom. The van der Waals surface area contributed by atoms with Gasteiger partial charge in [-0.3, -0.25) is 0 Å². The van der Waals surface area contributed by atoms with Gasteiger partial charge in [0.05, 0.1) is 28.8 Å². The summed E-state index contributed by atoms with van der Waals surface area (Å²) in [5, 5.41) is 27.7. The molecule has 6 nitrogen and oxygen atoms in total. The minimum Gasteiger partial charge on any atom is -0.204 e. The molecule has 0 aliphatic carbocycles. The highest BCUT2D eigenvalue weighted by atomic mass is 19.4. The Morgan fingerprint density at radius 2 is 1.31 bits per heavy atom. The van der Waals surface area contributed by atoms with E-state index in [2.05, 4.69) is 27.3 Å². The van der Waals surface area contributed by atoms with Gasteiger partial charge < -0.3 is 0 Å². The van der Waals surface area contributed by atoms with E-state index in [-0.39, 0.29) is 0 Å². The van der Waals surface area contributed by atoms with E-state index in [9.17, 15) is 13.2 Å². The number of benzene rings is 3. The summed E-state index contributed by atoms with van der Waals surface area (Å²) < 4.78 is 40.3. The van der Waals surface area contributed by atoms with Gasteiger partial charge in [-0.1, -0.05) is 24.3 Å². The number of nitriles is 2. The van der Waals surface area contributed by atoms with Crippen LogP contribution in [-0.2, 0) is 6.18 Å². The molecule has 0 fully saturated rings. The predicted octanol–water partition coefficient (Wildman–Crippen LogP) is 4.77. The largest absolute Gasteiger partial charge is 0.416 e. The van der Waals surface area contributed by atoms with E-state index in [1.165, 1.54) is 16.8 Å². The van der Waals surface area contributed by atoms with Crippen molar-refractivity contribution in [3.8, 4) is 34.8 Å². The highest BCUT2D eigenvalue weighted by Crippen LogP contribution is 2.29. The molecule has 0 bridgehead atoms. The molecule has 0 spiro atoms. The van der Waals surface area contributed by atoms with Crippen LogP contribution < -0.4 is 5.22 Å². The van der Waals surface area contributed by atoms with Gasteiger partial charge in [-0.15, -0.1) is 14.8 Å². The lowest BCUT2D eigenvalue weighted by Gasteiger charge is -2.05. The maximum Gasteiger partial charge on any atom is 0.416 e. The Balaban J connectivity index is 1.68. The molecule has 0 saturated carbocycles. The lowest BCUT2D eigenvalue weighted by Crippen LogP contribution is -2.06. The first-order valence-corrected chi connectivity index (χ1v) is 10.3. The van der Waals surface area contributed by atoms with E-state index in [1.807, 2.05) is 0 Å². The number of aromatic nitrogens is 4. The van der Waals surface area contributed by atoms with Crippen molar-refractivity contribution in [2.75, 3.05) is 0 Å². The van der Waals surface area contributed by atoms with Crippen LogP contribution in [0.3, 0.4) is 0 Å². The molecule has 3 aromatic carbocycles. The molecule has 35 heavy (non-hydrogen) atoms. The van der Waals surface area contributed by atoms with Crippen LogP contribution in [0.2, 0.25) is 0 Å². The third-order valence-electron chi connectivity index (χ3n) is 5.39. The van der Waals surface area contributed by atoms with Gasteiger partial charge in [0.1, 0.15) is 5.69 Å². The Labute approximate surface area is 196 Å². The smallest absolute Gasteiger partial charge is 0.204 e. The molecule has 0 aliphatic heterocycles. The molecule has 0 atom stereocenters. The summed E-state index contributed by atoms with van der Waals surface area (Å²) in [6.07, 6.45) is -2.72. The Kier molecular flexibility index (Phi) is 5.23. The average Bonchev–Trinajstić information content (AvgIpc) is 3.43. The molecule has 0 N–H and O–H groups in total. The van der Waals surface area contributed by atoms with Crippen LogP contribution in [0.5, 0.6) is 0 Å². The van der Waals surface area contributed by atoms with Crippen molar-refractivity contribution in [1.82, 2.24) is 19.8 Å². The topological polar surface area (TPSA) is 90.7 Å². The summed E-state index contributed by atoms with van der Waals surface area (Å²) in [5.74, 6) is 0.394. The van der Waals surface area contributed by atoms with Crippen LogP contribution in [0, 0.1) is 22.7 Å². The summed E-state index contributed by atoms with van der Waals surface area (Å²) in [7, 11) is 0. The van der Waals surface area contributed by atoms with E-state index in [0.29, 0.717) is 50.2 Å². The summed E-state index contributed by atoms with van der Waals surface area (Å²) >= 11 is 0. The maximum atomic E-state index is 13.0. The second kappa shape index (κ2) is 8.40. The SMILES string of the molecule is N#Cc1ccc(-c2nc3/c(=C\c4ccc(C(F)(F)F)cc4)c(-c4ccc(C#N)cc4)nn3n2)cc1. The minimum absolute atomic E-state index is 0.394. The standard InChI is InChI=1S/C26H13F3N6/c27-26(28,29)21-11-5-16(6-12-21)13-22-23(19-7-1-17(14-30)2-8-19)33-35-25(22)32-24(34-35)20-9-3-18(15-31)4-10-20/h1-13H/b22-13-. The van der Waals surface area contributed by atoms with Gasteiger partial charge in [-0.05, 0) is 60.2 Å². The van der Waals surface area contributed by atoms with Crippen LogP contribution >= 0.6 is 0 Å². The molecule has 2 aromatic heterocycles. The molecule has 0 unspecified atom stereocenters. The predicted molar refractivity (Wildman–Crippen MR) is 121 cm³/mol.